The van der Waals surface area contributed by atoms with Gasteiger partial charge in [0.1, 0.15) is 0 Å². The van der Waals surface area contributed by atoms with Crippen molar-refractivity contribution in [2.75, 3.05) is 0 Å². The molecule has 0 nitrogen and oxygen atoms in total. The van der Waals surface area contributed by atoms with Gasteiger partial charge in [0.2, 0.25) is 0 Å². The number of halogens is 2. The van der Waals surface area contributed by atoms with Crippen LogP contribution in [0.15, 0.2) is 42.0 Å². The Morgan fingerprint density at radius 3 is 2.47 bits per heavy atom. The number of hydrogen-bond donors (Lipinski definition) is 0. The summed E-state index contributed by atoms with van der Waals surface area (Å²) in [5, 5.41) is 2.73. The van der Waals surface area contributed by atoms with Crippen LogP contribution in [0.1, 0.15) is 22.3 Å². The first-order valence-electron chi connectivity index (χ1n) is 5.18. The predicted octanol–water partition coefficient (Wildman–Crippen LogP) is -2.15. The number of rotatable bonds is 0. The fraction of sp³-hybridized carbons (Fsp3) is 0.143. The van der Waals surface area contributed by atoms with E-state index >= 15 is 0 Å². The van der Waals surface area contributed by atoms with Gasteiger partial charge in [-0.05, 0) is 0 Å². The maximum atomic E-state index is 2.34. The van der Waals surface area contributed by atoms with Crippen molar-refractivity contribution in [2.24, 2.45) is 0 Å². The van der Waals surface area contributed by atoms with Crippen molar-refractivity contribution in [2.45, 2.75) is 11.1 Å². The number of allylic oxidation sites excluding steroid dienone is 1. The van der Waals surface area contributed by atoms with Crippen LogP contribution in [-0.4, -0.2) is 0 Å². The zero-order valence-electron chi connectivity index (χ0n) is 9.37. The average Bonchev–Trinajstić information content (AvgIpc) is 2.56. The van der Waals surface area contributed by atoms with E-state index in [-0.39, 0.29) is 24.8 Å². The second kappa shape index (κ2) is 5.58. The third-order valence-electron chi connectivity index (χ3n) is 3.14. The Morgan fingerprint density at radius 1 is 1.00 bits per heavy atom. The van der Waals surface area contributed by atoms with Crippen LogP contribution in [0, 0.1) is 0 Å². The van der Waals surface area contributed by atoms with E-state index < -0.39 is 0 Å². The Bertz CT molecular complexity index is 575. The summed E-state index contributed by atoms with van der Waals surface area (Å²) in [6.45, 7) is 2.22. The molecule has 1 atom stereocenters. The van der Waals surface area contributed by atoms with Crippen molar-refractivity contribution >= 4 is 16.8 Å². The molecule has 1 aliphatic rings. The number of fused-ring (bicyclic) bond motifs is 3. The zero-order chi connectivity index (χ0) is 10.4. The molecule has 0 saturated heterocycles. The van der Waals surface area contributed by atoms with Crippen LogP contribution in [0.3, 0.4) is 0 Å². The van der Waals surface area contributed by atoms with Gasteiger partial charge >= 0.3 is 102 Å². The second-order valence-corrected chi connectivity index (χ2v) is 5.01. The molecule has 1 unspecified atom stereocenters. The van der Waals surface area contributed by atoms with Crippen LogP contribution < -0.4 is 24.8 Å². The summed E-state index contributed by atoms with van der Waals surface area (Å²) < 4.78 is 0.588. The molecule has 0 spiro atoms. The van der Waals surface area contributed by atoms with Crippen LogP contribution in [0.4, 0.5) is 0 Å². The summed E-state index contributed by atoms with van der Waals surface area (Å²) in [6, 6.07) is 13.1. The van der Waals surface area contributed by atoms with Gasteiger partial charge in [0, 0.05) is 0 Å². The Hall–Kier alpha value is -0.266. The van der Waals surface area contributed by atoms with Gasteiger partial charge in [0.25, 0.3) is 0 Å². The average molecular weight is 298 g/mol. The van der Waals surface area contributed by atoms with E-state index in [1.807, 2.05) is 0 Å². The molecule has 3 rings (SSSR count). The topological polar surface area (TPSA) is 0 Å². The molecule has 0 fully saturated rings. The molecule has 2 aromatic carbocycles. The molecular formula is C14H11Cl2Ti. The molecule has 1 aliphatic carbocycles. The number of hydrogen-bond acceptors (Lipinski definition) is 0. The van der Waals surface area contributed by atoms with E-state index in [9.17, 15) is 0 Å². The Labute approximate surface area is 126 Å². The van der Waals surface area contributed by atoms with Gasteiger partial charge in [-0.15, -0.1) is 0 Å². The van der Waals surface area contributed by atoms with Gasteiger partial charge in [0.05, 0.1) is 0 Å². The standard InChI is InChI=1S/C14H11.2ClH.Ti/c1-10-8-12-7-6-11-4-2-3-5-13(11)14(12)9-10;;;/h2-9H,1H3;2*1H;/q;;;+2/p-2. The Morgan fingerprint density at radius 2 is 1.71 bits per heavy atom. The predicted molar refractivity (Wildman–Crippen MR) is 60.3 cm³/mol. The summed E-state index contributed by atoms with van der Waals surface area (Å²) in [6.07, 6.45) is 2.34. The maximum absolute atomic E-state index is 2.34. The molecule has 0 N–H and O–H groups in total. The van der Waals surface area contributed by atoms with Crippen molar-refractivity contribution < 1.29 is 45.2 Å². The molecule has 0 saturated carbocycles. The van der Waals surface area contributed by atoms with Gasteiger partial charge < -0.3 is 24.8 Å². The van der Waals surface area contributed by atoms with Gasteiger partial charge in [-0.3, -0.25) is 0 Å². The van der Waals surface area contributed by atoms with Crippen LogP contribution in [0.5, 0.6) is 0 Å². The molecule has 2 aromatic rings. The monoisotopic (exact) mass is 297 g/mol. The third kappa shape index (κ3) is 2.32. The SMILES string of the molecule is CC1=Cc2c(ccc3ccccc23)[CH]1[Ti+2].[Cl-].[Cl-]. The van der Waals surface area contributed by atoms with E-state index in [2.05, 4.69) is 69.8 Å². The molecule has 0 aliphatic heterocycles. The van der Waals surface area contributed by atoms with Crippen LogP contribution in [0.25, 0.3) is 16.8 Å². The first-order valence-corrected chi connectivity index (χ1v) is 6.08. The zero-order valence-corrected chi connectivity index (χ0v) is 12.4. The molecule has 0 radical (unpaired) electrons. The Balaban J connectivity index is 0.000000722. The third-order valence-corrected chi connectivity index (χ3v) is 4.34. The fourth-order valence-corrected chi connectivity index (χ4v) is 2.80. The largest absolute Gasteiger partial charge is 1.00 e. The van der Waals surface area contributed by atoms with E-state index in [0.717, 1.165) is 0 Å². The summed E-state index contributed by atoms with van der Waals surface area (Å²) >= 11 is 2.28. The van der Waals surface area contributed by atoms with Gasteiger partial charge in [-0.2, -0.15) is 0 Å². The molecule has 0 heterocycles. The van der Waals surface area contributed by atoms with E-state index in [0.29, 0.717) is 4.22 Å². The summed E-state index contributed by atoms with van der Waals surface area (Å²) in [7, 11) is 0. The molecule has 0 amide bonds. The summed E-state index contributed by atoms with van der Waals surface area (Å²) in [5.74, 6) is 0. The molecule has 0 bridgehead atoms. The summed E-state index contributed by atoms with van der Waals surface area (Å²) in [4.78, 5) is 0. The molecule has 85 valence electrons. The second-order valence-electron chi connectivity index (χ2n) is 4.11. The first-order chi connectivity index (χ1) is 7.27. The smallest absolute Gasteiger partial charge is 1.00 e. The minimum atomic E-state index is 0. The van der Waals surface area contributed by atoms with Gasteiger partial charge in [-0.25, -0.2) is 0 Å². The molecule has 3 heteroatoms. The van der Waals surface area contributed by atoms with Crippen LogP contribution in [-0.2, 0) is 20.4 Å². The Kier molecular flexibility index (Phi) is 4.86. The van der Waals surface area contributed by atoms with Crippen molar-refractivity contribution in [1.29, 1.82) is 0 Å². The van der Waals surface area contributed by atoms with Crippen molar-refractivity contribution in [3.8, 4) is 0 Å². The van der Waals surface area contributed by atoms with Gasteiger partial charge in [-0.1, -0.05) is 0 Å². The minimum absolute atomic E-state index is 0. The van der Waals surface area contributed by atoms with E-state index in [1.54, 1.807) is 0 Å². The van der Waals surface area contributed by atoms with Gasteiger partial charge in [0.15, 0.2) is 0 Å². The van der Waals surface area contributed by atoms with Crippen LogP contribution in [0.2, 0.25) is 0 Å². The fourth-order valence-electron chi connectivity index (χ4n) is 2.28. The first kappa shape index (κ1) is 14.8. The van der Waals surface area contributed by atoms with Crippen molar-refractivity contribution in [3.05, 3.63) is 53.1 Å². The van der Waals surface area contributed by atoms with Crippen LogP contribution >= 0.6 is 0 Å². The minimum Gasteiger partial charge on any atom is -1.00 e. The van der Waals surface area contributed by atoms with Crippen molar-refractivity contribution in [1.82, 2.24) is 0 Å². The van der Waals surface area contributed by atoms with E-state index in [4.69, 9.17) is 0 Å². The normalized spacial score (nSPS) is 16.9. The number of benzene rings is 2. The van der Waals surface area contributed by atoms with Crippen molar-refractivity contribution in [3.63, 3.8) is 0 Å². The molecular weight excluding hydrogens is 287 g/mol. The molecule has 17 heavy (non-hydrogen) atoms. The summed E-state index contributed by atoms with van der Waals surface area (Å²) in [5.41, 5.74) is 4.38. The molecule has 0 aromatic heterocycles. The quantitative estimate of drug-likeness (QED) is 0.487. The maximum Gasteiger partial charge on any atom is -1.00 e. The van der Waals surface area contributed by atoms with E-state index in [1.165, 1.54) is 27.5 Å².